The summed E-state index contributed by atoms with van der Waals surface area (Å²) in [5.41, 5.74) is 0. The van der Waals surface area contributed by atoms with E-state index in [1.165, 1.54) is 0 Å². The molecule has 1 saturated heterocycles. The predicted molar refractivity (Wildman–Crippen MR) is 30.1 cm³/mol. The second kappa shape index (κ2) is 1.69. The number of ether oxygens (including phenoxy) is 1. The van der Waals surface area contributed by atoms with Crippen LogP contribution in [0, 0.1) is 5.21 Å². The van der Waals surface area contributed by atoms with Crippen molar-refractivity contribution in [1.29, 1.82) is 0 Å². The molecule has 0 saturated carbocycles. The number of nitrogens with zero attached hydrogens (tertiary/aromatic N) is 1. The molecule has 1 aliphatic heterocycles. The summed E-state index contributed by atoms with van der Waals surface area (Å²) in [4.78, 5) is 0. The first-order valence-electron chi connectivity index (χ1n) is 2.73. The maximum atomic E-state index is 10.8. The van der Waals surface area contributed by atoms with Gasteiger partial charge in [-0.2, -0.15) is 0 Å². The SMILES string of the molecule is C[N+](C)([O-])CC1CO1. The van der Waals surface area contributed by atoms with Crippen molar-refractivity contribution in [3.63, 3.8) is 0 Å². The van der Waals surface area contributed by atoms with E-state index in [1.807, 2.05) is 0 Å². The first kappa shape index (κ1) is 6.01. The summed E-state index contributed by atoms with van der Waals surface area (Å²) in [6.45, 7) is 1.38. The van der Waals surface area contributed by atoms with Crippen molar-refractivity contribution in [2.75, 3.05) is 27.2 Å². The molecule has 0 aromatic carbocycles. The Kier molecular flexibility index (Phi) is 1.27. The van der Waals surface area contributed by atoms with Gasteiger partial charge in [0.25, 0.3) is 0 Å². The Morgan fingerprint density at radius 1 is 1.75 bits per heavy atom. The standard InChI is InChI=1S/C5H11NO2/c1-6(2,7)3-5-4-8-5/h5H,3-4H2,1-2H3. The molecule has 1 rings (SSSR count). The monoisotopic (exact) mass is 117 g/mol. The molecule has 0 spiro atoms. The minimum atomic E-state index is -0.231. The summed E-state index contributed by atoms with van der Waals surface area (Å²) in [7, 11) is 3.25. The molecule has 0 aromatic rings. The van der Waals surface area contributed by atoms with Gasteiger partial charge in [0.2, 0.25) is 0 Å². The molecule has 48 valence electrons. The van der Waals surface area contributed by atoms with E-state index >= 15 is 0 Å². The summed E-state index contributed by atoms with van der Waals surface area (Å²) in [5, 5.41) is 10.8. The Morgan fingerprint density at radius 2 is 2.25 bits per heavy atom. The van der Waals surface area contributed by atoms with E-state index in [9.17, 15) is 5.21 Å². The van der Waals surface area contributed by atoms with Gasteiger partial charge in [-0.25, -0.2) is 0 Å². The maximum absolute atomic E-state index is 10.8. The summed E-state index contributed by atoms with van der Waals surface area (Å²) >= 11 is 0. The first-order chi connectivity index (χ1) is 3.58. The van der Waals surface area contributed by atoms with Crippen LogP contribution >= 0.6 is 0 Å². The average molecular weight is 117 g/mol. The van der Waals surface area contributed by atoms with E-state index in [4.69, 9.17) is 4.74 Å². The molecule has 3 nitrogen and oxygen atoms in total. The van der Waals surface area contributed by atoms with Crippen molar-refractivity contribution < 1.29 is 9.38 Å². The van der Waals surface area contributed by atoms with Crippen molar-refractivity contribution in [3.05, 3.63) is 5.21 Å². The lowest BCUT2D eigenvalue weighted by Crippen LogP contribution is -2.35. The number of quaternary nitrogens is 1. The quantitative estimate of drug-likeness (QED) is 0.289. The maximum Gasteiger partial charge on any atom is 0.130 e. The highest BCUT2D eigenvalue weighted by Crippen LogP contribution is 2.11. The van der Waals surface area contributed by atoms with Gasteiger partial charge in [0, 0.05) is 0 Å². The molecule has 1 atom stereocenters. The fraction of sp³-hybridized carbons (Fsp3) is 1.00. The zero-order valence-electron chi connectivity index (χ0n) is 5.26. The lowest BCUT2D eigenvalue weighted by Gasteiger charge is -2.32. The van der Waals surface area contributed by atoms with Crippen LogP contribution in [0.1, 0.15) is 0 Å². The Bertz CT molecular complexity index is 82.9. The van der Waals surface area contributed by atoms with Gasteiger partial charge in [-0.05, 0) is 0 Å². The normalized spacial score (nSPS) is 28.1. The van der Waals surface area contributed by atoms with Gasteiger partial charge in [-0.15, -0.1) is 0 Å². The molecule has 1 heterocycles. The molecule has 0 bridgehead atoms. The van der Waals surface area contributed by atoms with Gasteiger partial charge in [0.1, 0.15) is 12.6 Å². The highest BCUT2D eigenvalue weighted by molar-refractivity contribution is 4.67. The van der Waals surface area contributed by atoms with Crippen LogP contribution in [-0.4, -0.2) is 38.0 Å². The van der Waals surface area contributed by atoms with Crippen LogP contribution in [-0.2, 0) is 4.74 Å². The molecule has 0 radical (unpaired) electrons. The van der Waals surface area contributed by atoms with E-state index in [-0.39, 0.29) is 10.8 Å². The predicted octanol–water partition coefficient (Wildman–Crippen LogP) is -0.0406. The zero-order valence-corrected chi connectivity index (χ0v) is 5.26. The van der Waals surface area contributed by atoms with Crippen LogP contribution in [0.5, 0.6) is 0 Å². The summed E-state index contributed by atoms with van der Waals surface area (Å²) in [6.07, 6.45) is 0.252. The molecule has 3 heteroatoms. The Morgan fingerprint density at radius 3 is 2.38 bits per heavy atom. The molecule has 1 unspecified atom stereocenters. The van der Waals surface area contributed by atoms with Crippen molar-refractivity contribution in [2.24, 2.45) is 0 Å². The van der Waals surface area contributed by atoms with Crippen molar-refractivity contribution >= 4 is 0 Å². The van der Waals surface area contributed by atoms with Crippen LogP contribution < -0.4 is 0 Å². The number of epoxide rings is 1. The van der Waals surface area contributed by atoms with Gasteiger partial charge < -0.3 is 14.6 Å². The summed E-state index contributed by atoms with van der Waals surface area (Å²) in [6, 6.07) is 0. The molecule has 8 heavy (non-hydrogen) atoms. The van der Waals surface area contributed by atoms with E-state index in [0.29, 0.717) is 6.54 Å². The second-order valence-corrected chi connectivity index (χ2v) is 2.71. The molecule has 0 amide bonds. The molecule has 1 fully saturated rings. The van der Waals surface area contributed by atoms with Crippen LogP contribution in [0.15, 0.2) is 0 Å². The average Bonchev–Trinajstić information content (AvgIpc) is 2.12. The van der Waals surface area contributed by atoms with E-state index < -0.39 is 0 Å². The van der Waals surface area contributed by atoms with Crippen molar-refractivity contribution in [3.8, 4) is 0 Å². The van der Waals surface area contributed by atoms with Crippen LogP contribution in [0.3, 0.4) is 0 Å². The Hall–Kier alpha value is -0.120. The fourth-order valence-corrected chi connectivity index (χ4v) is 0.664. The van der Waals surface area contributed by atoms with Crippen molar-refractivity contribution in [2.45, 2.75) is 6.10 Å². The number of hydrogen-bond acceptors (Lipinski definition) is 2. The number of hydrogen-bond donors (Lipinski definition) is 0. The molecule has 0 aromatic heterocycles. The van der Waals surface area contributed by atoms with Gasteiger partial charge in [-0.1, -0.05) is 0 Å². The fourth-order valence-electron chi connectivity index (χ4n) is 0.664. The minimum Gasteiger partial charge on any atom is -0.633 e. The first-order valence-corrected chi connectivity index (χ1v) is 2.73. The van der Waals surface area contributed by atoms with E-state index in [0.717, 1.165) is 6.61 Å². The van der Waals surface area contributed by atoms with Crippen LogP contribution in [0.25, 0.3) is 0 Å². The van der Waals surface area contributed by atoms with Gasteiger partial charge in [0.15, 0.2) is 0 Å². The molecular weight excluding hydrogens is 106 g/mol. The van der Waals surface area contributed by atoms with Gasteiger partial charge >= 0.3 is 0 Å². The summed E-state index contributed by atoms with van der Waals surface area (Å²) < 4.78 is 4.64. The molecule has 0 aliphatic carbocycles. The van der Waals surface area contributed by atoms with Gasteiger partial charge in [-0.3, -0.25) is 0 Å². The number of likely N-dealkylation sites (N-methyl/N-ethyl adjacent to an activating group) is 1. The third-order valence-corrected chi connectivity index (χ3v) is 1.05. The largest absolute Gasteiger partial charge is 0.633 e. The van der Waals surface area contributed by atoms with E-state index in [2.05, 4.69) is 0 Å². The Labute approximate surface area is 49.0 Å². The zero-order chi connectivity index (χ0) is 6.20. The highest BCUT2D eigenvalue weighted by atomic mass is 16.6. The molecule has 1 aliphatic rings. The van der Waals surface area contributed by atoms with E-state index in [1.54, 1.807) is 14.1 Å². The topological polar surface area (TPSA) is 35.6 Å². The Balaban J connectivity index is 2.16. The van der Waals surface area contributed by atoms with Crippen LogP contribution in [0.2, 0.25) is 0 Å². The lowest BCUT2D eigenvalue weighted by atomic mass is 10.4. The van der Waals surface area contributed by atoms with Crippen LogP contribution in [0.4, 0.5) is 0 Å². The lowest BCUT2D eigenvalue weighted by molar-refractivity contribution is -0.840. The second-order valence-electron chi connectivity index (χ2n) is 2.71. The highest BCUT2D eigenvalue weighted by Gasteiger charge is 2.27. The smallest absolute Gasteiger partial charge is 0.130 e. The third kappa shape index (κ3) is 2.26. The molecular formula is C5H11NO2. The third-order valence-electron chi connectivity index (χ3n) is 1.05. The summed E-state index contributed by atoms with van der Waals surface area (Å²) in [5.74, 6) is 0. The number of hydroxylamine groups is 3. The van der Waals surface area contributed by atoms with Crippen molar-refractivity contribution in [1.82, 2.24) is 0 Å². The minimum absolute atomic E-state index is 0.231. The van der Waals surface area contributed by atoms with Gasteiger partial charge in [0.05, 0.1) is 20.7 Å². The number of rotatable bonds is 2. The molecule has 0 N–H and O–H groups in total.